The quantitative estimate of drug-likeness (QED) is 0.295. The van der Waals surface area contributed by atoms with Crippen molar-refractivity contribution < 1.29 is 37.7 Å². The van der Waals surface area contributed by atoms with Crippen molar-refractivity contribution in [3.8, 4) is 0 Å². The van der Waals surface area contributed by atoms with Gasteiger partial charge in [-0.15, -0.1) is 92.9 Å². The van der Waals surface area contributed by atoms with Crippen molar-refractivity contribution in [2.24, 2.45) is 5.92 Å². The molecule has 0 nitrogen and oxygen atoms in total. The zero-order valence-corrected chi connectivity index (χ0v) is 22.4. The van der Waals surface area contributed by atoms with E-state index in [1.807, 2.05) is 0 Å². The van der Waals surface area contributed by atoms with E-state index in [-0.39, 0.29) is 37.7 Å². The van der Waals surface area contributed by atoms with Gasteiger partial charge in [0.05, 0.1) is 0 Å². The standard InChI is InChI=1S/C29H36Si.2Li/c1-6-8-13-22(7-2)19-23-20-29(27-17-12-10-15-25(23)27)30(4,5)28-18-21(3)24-14-9-11-16-26(24)28;;/h9-12,14-18,20,22H,6-8,13,19H2,1-5H3;;/q-2;2*+1. The molecule has 4 aromatic rings. The second-order valence-corrected chi connectivity index (χ2v) is 14.0. The Morgan fingerprint density at radius 3 is 2.06 bits per heavy atom. The summed E-state index contributed by atoms with van der Waals surface area (Å²) in [6, 6.07) is 23.2. The van der Waals surface area contributed by atoms with Gasteiger partial charge in [0.1, 0.15) is 0 Å². The third-order valence-corrected chi connectivity index (χ3v) is 10.8. The van der Waals surface area contributed by atoms with Crippen LogP contribution in [0.3, 0.4) is 0 Å². The van der Waals surface area contributed by atoms with Crippen LogP contribution in [-0.2, 0) is 6.42 Å². The smallest absolute Gasteiger partial charge is 0.148 e. The van der Waals surface area contributed by atoms with E-state index in [0.29, 0.717) is 0 Å². The second-order valence-electron chi connectivity index (χ2n) is 9.66. The van der Waals surface area contributed by atoms with Crippen LogP contribution in [0.2, 0.25) is 13.1 Å². The number of hydrogen-bond acceptors (Lipinski definition) is 0. The first-order valence-electron chi connectivity index (χ1n) is 11.8. The zero-order valence-electron chi connectivity index (χ0n) is 21.4. The van der Waals surface area contributed by atoms with Crippen LogP contribution < -0.4 is 48.1 Å². The molecule has 32 heavy (non-hydrogen) atoms. The SMILES string of the molecule is CCCCC(CC)Cc1cc([Si](C)(C)c2cc(C)[c-]3ccccc23)c2cccc[c-]12.[Li+].[Li+]. The minimum absolute atomic E-state index is 0. The van der Waals surface area contributed by atoms with Crippen LogP contribution in [0.15, 0.2) is 60.7 Å². The summed E-state index contributed by atoms with van der Waals surface area (Å²) in [6.45, 7) is 12.0. The molecule has 1 unspecified atom stereocenters. The number of rotatable bonds is 8. The van der Waals surface area contributed by atoms with Crippen molar-refractivity contribution in [3.63, 3.8) is 0 Å². The Morgan fingerprint density at radius 1 is 0.844 bits per heavy atom. The van der Waals surface area contributed by atoms with E-state index >= 15 is 0 Å². The maximum Gasteiger partial charge on any atom is 1.00 e. The molecule has 0 radical (unpaired) electrons. The monoisotopic (exact) mass is 426 g/mol. The molecule has 1 atom stereocenters. The summed E-state index contributed by atoms with van der Waals surface area (Å²) >= 11 is 0. The van der Waals surface area contributed by atoms with Crippen molar-refractivity contribution in [3.05, 3.63) is 71.8 Å². The predicted molar refractivity (Wildman–Crippen MR) is 138 cm³/mol. The topological polar surface area (TPSA) is 0 Å². The Morgan fingerprint density at radius 2 is 1.44 bits per heavy atom. The number of aryl methyl sites for hydroxylation is 1. The average Bonchev–Trinajstić information content (AvgIpc) is 3.30. The molecule has 0 aromatic heterocycles. The maximum absolute atomic E-state index is 2.60. The van der Waals surface area contributed by atoms with E-state index in [4.69, 9.17) is 0 Å². The summed E-state index contributed by atoms with van der Waals surface area (Å²) in [5, 5.41) is 9.10. The molecule has 0 aliphatic carbocycles. The van der Waals surface area contributed by atoms with Gasteiger partial charge in [-0.2, -0.15) is 0 Å². The number of hydrogen-bond donors (Lipinski definition) is 0. The van der Waals surface area contributed by atoms with Crippen molar-refractivity contribution in [2.75, 3.05) is 0 Å². The largest absolute Gasteiger partial charge is 1.00 e. The summed E-state index contributed by atoms with van der Waals surface area (Å²) in [7, 11) is -1.83. The van der Waals surface area contributed by atoms with E-state index in [9.17, 15) is 0 Å². The molecule has 0 saturated heterocycles. The second kappa shape index (κ2) is 11.5. The molecular formula is C29H36Li2Si. The van der Waals surface area contributed by atoms with Crippen LogP contribution in [0, 0.1) is 12.8 Å². The molecule has 0 amide bonds. The molecule has 158 valence electrons. The van der Waals surface area contributed by atoms with Crippen LogP contribution >= 0.6 is 0 Å². The predicted octanol–water partition coefficient (Wildman–Crippen LogP) is 1.33. The summed E-state index contributed by atoms with van der Waals surface area (Å²) in [6.07, 6.45) is 6.51. The van der Waals surface area contributed by atoms with Gasteiger partial charge in [0.2, 0.25) is 0 Å². The Labute approximate surface area is 220 Å². The Bertz CT molecular complexity index is 1150. The van der Waals surface area contributed by atoms with Crippen LogP contribution in [-0.4, -0.2) is 8.07 Å². The van der Waals surface area contributed by atoms with E-state index < -0.39 is 8.07 Å². The fraction of sp³-hybridized carbons (Fsp3) is 0.379. The molecule has 0 aliphatic heterocycles. The third kappa shape index (κ3) is 5.09. The Hall–Kier alpha value is -0.928. The molecule has 0 spiro atoms. The first-order chi connectivity index (χ1) is 14.5. The van der Waals surface area contributed by atoms with Crippen LogP contribution in [0.25, 0.3) is 21.5 Å². The van der Waals surface area contributed by atoms with Crippen LogP contribution in [0.5, 0.6) is 0 Å². The first-order valence-corrected chi connectivity index (χ1v) is 14.8. The van der Waals surface area contributed by atoms with Gasteiger partial charge in [-0.3, -0.25) is 0 Å². The minimum atomic E-state index is -1.83. The summed E-state index contributed by atoms with van der Waals surface area (Å²) in [5.41, 5.74) is 3.00. The number of benzene rings is 2. The van der Waals surface area contributed by atoms with Crippen molar-refractivity contribution in [2.45, 2.75) is 66.0 Å². The molecule has 0 fully saturated rings. The van der Waals surface area contributed by atoms with Crippen molar-refractivity contribution >= 4 is 40.0 Å². The molecule has 4 aromatic carbocycles. The minimum Gasteiger partial charge on any atom is -0.148 e. The number of fused-ring (bicyclic) bond motifs is 2. The van der Waals surface area contributed by atoms with Gasteiger partial charge < -0.3 is 0 Å². The molecule has 4 rings (SSSR count). The van der Waals surface area contributed by atoms with E-state index in [1.54, 1.807) is 15.9 Å². The van der Waals surface area contributed by atoms with E-state index in [0.717, 1.165) is 5.92 Å². The van der Waals surface area contributed by atoms with E-state index in [1.165, 1.54) is 59.2 Å². The molecule has 0 saturated carbocycles. The Kier molecular flexibility index (Phi) is 9.79. The first kappa shape index (κ1) is 27.3. The Balaban J connectivity index is 0.00000181. The summed E-state index contributed by atoms with van der Waals surface area (Å²) in [5.74, 6) is 0.801. The van der Waals surface area contributed by atoms with Gasteiger partial charge in [-0.1, -0.05) is 70.3 Å². The molecule has 0 aliphatic rings. The van der Waals surface area contributed by atoms with Gasteiger partial charge in [-0.25, -0.2) is 0 Å². The van der Waals surface area contributed by atoms with Gasteiger partial charge in [0.25, 0.3) is 0 Å². The average molecular weight is 427 g/mol. The van der Waals surface area contributed by atoms with E-state index in [2.05, 4.69) is 94.5 Å². The van der Waals surface area contributed by atoms with Crippen molar-refractivity contribution in [1.29, 1.82) is 0 Å². The molecular weight excluding hydrogens is 390 g/mol. The van der Waals surface area contributed by atoms with Gasteiger partial charge in [0.15, 0.2) is 0 Å². The fourth-order valence-electron chi connectivity index (χ4n) is 5.36. The van der Waals surface area contributed by atoms with Crippen LogP contribution in [0.4, 0.5) is 0 Å². The third-order valence-electron chi connectivity index (χ3n) is 7.28. The van der Waals surface area contributed by atoms with Gasteiger partial charge >= 0.3 is 37.7 Å². The van der Waals surface area contributed by atoms with Crippen LogP contribution in [0.1, 0.15) is 50.7 Å². The van der Waals surface area contributed by atoms with Gasteiger partial charge in [0, 0.05) is 8.07 Å². The summed E-state index contributed by atoms with van der Waals surface area (Å²) in [4.78, 5) is 0. The van der Waals surface area contributed by atoms with Crippen molar-refractivity contribution in [1.82, 2.24) is 0 Å². The normalized spacial score (nSPS) is 12.5. The summed E-state index contributed by atoms with van der Waals surface area (Å²) < 4.78 is 0. The molecule has 3 heteroatoms. The number of unbranched alkanes of at least 4 members (excludes halogenated alkanes) is 1. The van der Waals surface area contributed by atoms with Gasteiger partial charge in [-0.05, 0) is 12.3 Å². The molecule has 0 bridgehead atoms. The zero-order chi connectivity index (χ0) is 21.3. The fourth-order valence-corrected chi connectivity index (χ4v) is 8.55. The maximum atomic E-state index is 2.60. The molecule has 0 heterocycles. The molecule has 0 N–H and O–H groups in total.